The third-order valence-corrected chi connectivity index (χ3v) is 5.91. The Morgan fingerprint density at radius 2 is 1.92 bits per heavy atom. The number of aromatic nitrogens is 2. The van der Waals surface area contributed by atoms with Crippen molar-refractivity contribution in [1.29, 1.82) is 0 Å². The Bertz CT molecular complexity index is 590. The van der Waals surface area contributed by atoms with Crippen molar-refractivity contribution >= 4 is 11.8 Å². The van der Waals surface area contributed by atoms with E-state index < -0.39 is 0 Å². The van der Waals surface area contributed by atoms with Gasteiger partial charge in [0.2, 0.25) is 5.95 Å². The number of rotatable bonds is 2. The molecule has 0 bridgehead atoms. The molecule has 3 heterocycles. The number of morpholine rings is 1. The number of aliphatic hydroxyl groups excluding tert-OH is 1. The molecule has 4 rings (SSSR count). The third kappa shape index (κ3) is 2.97. The van der Waals surface area contributed by atoms with Crippen LogP contribution in [0.1, 0.15) is 37.8 Å². The smallest absolute Gasteiger partial charge is 0.227 e. The van der Waals surface area contributed by atoms with E-state index in [9.17, 15) is 5.11 Å². The van der Waals surface area contributed by atoms with Crippen LogP contribution in [0.2, 0.25) is 0 Å². The number of piperidine rings is 1. The molecule has 0 aromatic carbocycles. The number of ether oxygens (including phenoxy) is 1. The standard InChI is InChI=1S/C18H28N4O2/c1-14-12-16(20-17(19-14)21-8-10-24-11-9-21)22-7-3-6-18(13-22)5-2-4-15(18)23/h12,15,23H,2-11,13H2,1H3/t15-,18-/m1/s1. The predicted molar refractivity (Wildman–Crippen MR) is 93.5 cm³/mol. The predicted octanol–water partition coefficient (Wildman–Crippen LogP) is 1.75. The van der Waals surface area contributed by atoms with Crippen molar-refractivity contribution < 1.29 is 9.84 Å². The van der Waals surface area contributed by atoms with Crippen LogP contribution in [0.3, 0.4) is 0 Å². The maximum Gasteiger partial charge on any atom is 0.227 e. The maximum absolute atomic E-state index is 10.5. The van der Waals surface area contributed by atoms with E-state index in [1.807, 2.05) is 6.92 Å². The summed E-state index contributed by atoms with van der Waals surface area (Å²) in [5, 5.41) is 10.5. The zero-order valence-electron chi connectivity index (χ0n) is 14.6. The van der Waals surface area contributed by atoms with E-state index in [2.05, 4.69) is 20.9 Å². The molecule has 1 N–H and O–H groups in total. The Hall–Kier alpha value is -1.40. The lowest BCUT2D eigenvalue weighted by atomic mass is 9.77. The molecule has 1 aromatic rings. The molecule has 3 aliphatic rings. The Morgan fingerprint density at radius 1 is 1.12 bits per heavy atom. The monoisotopic (exact) mass is 332 g/mol. The van der Waals surface area contributed by atoms with Gasteiger partial charge >= 0.3 is 0 Å². The Kier molecular flexibility index (Phi) is 4.35. The van der Waals surface area contributed by atoms with Gasteiger partial charge in [-0.25, -0.2) is 4.98 Å². The van der Waals surface area contributed by atoms with Crippen LogP contribution < -0.4 is 9.80 Å². The van der Waals surface area contributed by atoms with Crippen LogP contribution in [0, 0.1) is 12.3 Å². The Morgan fingerprint density at radius 3 is 2.67 bits per heavy atom. The zero-order valence-corrected chi connectivity index (χ0v) is 14.6. The first-order valence-corrected chi connectivity index (χ1v) is 9.28. The number of aryl methyl sites for hydroxylation is 1. The van der Waals surface area contributed by atoms with Gasteiger partial charge in [-0.2, -0.15) is 4.98 Å². The quantitative estimate of drug-likeness (QED) is 0.890. The number of aliphatic hydroxyl groups is 1. The fourth-order valence-corrected chi connectivity index (χ4v) is 4.56. The van der Waals surface area contributed by atoms with Crippen molar-refractivity contribution in [1.82, 2.24) is 9.97 Å². The molecule has 1 saturated carbocycles. The first-order valence-electron chi connectivity index (χ1n) is 9.28. The van der Waals surface area contributed by atoms with E-state index in [1.165, 1.54) is 0 Å². The summed E-state index contributed by atoms with van der Waals surface area (Å²) in [5.41, 5.74) is 1.09. The highest BCUT2D eigenvalue weighted by atomic mass is 16.5. The van der Waals surface area contributed by atoms with Crippen molar-refractivity contribution in [2.45, 2.75) is 45.1 Å². The summed E-state index contributed by atoms with van der Waals surface area (Å²) in [7, 11) is 0. The summed E-state index contributed by atoms with van der Waals surface area (Å²) in [4.78, 5) is 14.1. The first kappa shape index (κ1) is 16.1. The minimum Gasteiger partial charge on any atom is -0.392 e. The third-order valence-electron chi connectivity index (χ3n) is 5.91. The molecule has 0 radical (unpaired) electrons. The van der Waals surface area contributed by atoms with Crippen LogP contribution in [0.25, 0.3) is 0 Å². The topological polar surface area (TPSA) is 61.7 Å². The van der Waals surface area contributed by atoms with E-state index in [0.717, 1.165) is 89.0 Å². The normalized spacial score (nSPS) is 31.0. The van der Waals surface area contributed by atoms with Crippen molar-refractivity contribution in [3.63, 3.8) is 0 Å². The molecule has 1 aliphatic carbocycles. The fourth-order valence-electron chi connectivity index (χ4n) is 4.56. The largest absolute Gasteiger partial charge is 0.392 e. The molecule has 6 nitrogen and oxygen atoms in total. The number of nitrogens with zero attached hydrogens (tertiary/aromatic N) is 4. The lowest BCUT2D eigenvalue weighted by Gasteiger charge is -2.43. The van der Waals surface area contributed by atoms with Crippen LogP contribution in [0.4, 0.5) is 11.8 Å². The van der Waals surface area contributed by atoms with Crippen LogP contribution >= 0.6 is 0 Å². The van der Waals surface area contributed by atoms with Crippen LogP contribution in [-0.2, 0) is 4.74 Å². The highest BCUT2D eigenvalue weighted by Gasteiger charge is 2.45. The molecule has 132 valence electrons. The summed E-state index contributed by atoms with van der Waals surface area (Å²) in [5.74, 6) is 1.84. The van der Waals surface area contributed by atoms with E-state index >= 15 is 0 Å². The van der Waals surface area contributed by atoms with E-state index in [1.54, 1.807) is 0 Å². The summed E-state index contributed by atoms with van der Waals surface area (Å²) in [6.45, 7) is 7.17. The minimum atomic E-state index is -0.151. The summed E-state index contributed by atoms with van der Waals surface area (Å²) < 4.78 is 5.44. The van der Waals surface area contributed by atoms with Gasteiger partial charge < -0.3 is 19.6 Å². The maximum atomic E-state index is 10.5. The molecule has 2 saturated heterocycles. The Labute approximate surface area is 143 Å². The minimum absolute atomic E-state index is 0.0796. The number of hydrogen-bond donors (Lipinski definition) is 1. The number of anilines is 2. The van der Waals surface area contributed by atoms with Crippen LogP contribution in [0.15, 0.2) is 6.07 Å². The average Bonchev–Trinajstić information content (AvgIpc) is 2.95. The molecule has 6 heteroatoms. The van der Waals surface area contributed by atoms with Gasteiger partial charge in [0.1, 0.15) is 5.82 Å². The molecular weight excluding hydrogens is 304 g/mol. The fraction of sp³-hybridized carbons (Fsp3) is 0.778. The van der Waals surface area contributed by atoms with Crippen molar-refractivity contribution in [3.8, 4) is 0 Å². The SMILES string of the molecule is Cc1cc(N2CCC[C@]3(CCC[C@H]3O)C2)nc(N2CCOCC2)n1. The van der Waals surface area contributed by atoms with Gasteiger partial charge in [0, 0.05) is 43.4 Å². The summed E-state index contributed by atoms with van der Waals surface area (Å²) in [6.07, 6.45) is 5.37. The van der Waals surface area contributed by atoms with Gasteiger partial charge in [-0.15, -0.1) is 0 Å². The van der Waals surface area contributed by atoms with Crippen molar-refractivity contribution in [2.75, 3.05) is 49.2 Å². The average molecular weight is 332 g/mol. The molecule has 3 fully saturated rings. The highest BCUT2D eigenvalue weighted by molar-refractivity contribution is 5.47. The van der Waals surface area contributed by atoms with Gasteiger partial charge in [-0.05, 0) is 32.6 Å². The van der Waals surface area contributed by atoms with E-state index in [-0.39, 0.29) is 11.5 Å². The van der Waals surface area contributed by atoms with Crippen LogP contribution in [0.5, 0.6) is 0 Å². The van der Waals surface area contributed by atoms with Gasteiger partial charge in [-0.3, -0.25) is 0 Å². The lowest BCUT2D eigenvalue weighted by Crippen LogP contribution is -2.47. The molecule has 2 aliphatic heterocycles. The molecule has 1 aromatic heterocycles. The highest BCUT2D eigenvalue weighted by Crippen LogP contribution is 2.45. The number of hydrogen-bond acceptors (Lipinski definition) is 6. The summed E-state index contributed by atoms with van der Waals surface area (Å²) >= 11 is 0. The second-order valence-corrected chi connectivity index (χ2v) is 7.56. The first-order chi connectivity index (χ1) is 11.7. The molecule has 24 heavy (non-hydrogen) atoms. The molecule has 0 unspecified atom stereocenters. The van der Waals surface area contributed by atoms with Crippen LogP contribution in [-0.4, -0.2) is 60.6 Å². The van der Waals surface area contributed by atoms with Gasteiger partial charge in [0.25, 0.3) is 0 Å². The van der Waals surface area contributed by atoms with Gasteiger partial charge in [-0.1, -0.05) is 6.42 Å². The lowest BCUT2D eigenvalue weighted by molar-refractivity contribution is 0.0408. The van der Waals surface area contributed by atoms with E-state index in [0.29, 0.717) is 0 Å². The summed E-state index contributed by atoms with van der Waals surface area (Å²) in [6, 6.07) is 2.09. The zero-order chi connectivity index (χ0) is 16.6. The van der Waals surface area contributed by atoms with Crippen molar-refractivity contribution in [2.24, 2.45) is 5.41 Å². The second-order valence-electron chi connectivity index (χ2n) is 7.56. The van der Waals surface area contributed by atoms with E-state index in [4.69, 9.17) is 9.72 Å². The Balaban J connectivity index is 1.58. The molecule has 0 amide bonds. The van der Waals surface area contributed by atoms with Gasteiger partial charge in [0.05, 0.1) is 19.3 Å². The molecule has 2 atom stereocenters. The molecule has 1 spiro atoms. The molecular formula is C18H28N4O2. The van der Waals surface area contributed by atoms with Gasteiger partial charge in [0.15, 0.2) is 0 Å². The second kappa shape index (κ2) is 6.48. The van der Waals surface area contributed by atoms with Crippen molar-refractivity contribution in [3.05, 3.63) is 11.8 Å².